The largest absolute Gasteiger partial charge is 0.377 e. The molecule has 1 saturated heterocycles. The molecule has 0 aromatic rings. The Morgan fingerprint density at radius 3 is 2.72 bits per heavy atom. The van der Waals surface area contributed by atoms with E-state index in [1.54, 1.807) is 0 Å². The summed E-state index contributed by atoms with van der Waals surface area (Å²) in [5, 5.41) is 3.32. The van der Waals surface area contributed by atoms with Crippen molar-refractivity contribution in [3.05, 3.63) is 0 Å². The van der Waals surface area contributed by atoms with E-state index in [1.165, 1.54) is 12.8 Å². The van der Waals surface area contributed by atoms with Crippen molar-refractivity contribution >= 4 is 10.0 Å². The summed E-state index contributed by atoms with van der Waals surface area (Å²) < 4.78 is 31.9. The van der Waals surface area contributed by atoms with E-state index in [2.05, 4.69) is 10.0 Å². The van der Waals surface area contributed by atoms with E-state index in [4.69, 9.17) is 4.74 Å². The predicted octanol–water partition coefficient (Wildman–Crippen LogP) is 0.615. The average molecular weight is 276 g/mol. The van der Waals surface area contributed by atoms with Gasteiger partial charge in [0.25, 0.3) is 0 Å². The van der Waals surface area contributed by atoms with Crippen LogP contribution in [0.15, 0.2) is 0 Å². The minimum absolute atomic E-state index is 0.0457. The van der Waals surface area contributed by atoms with Crippen LogP contribution in [0.4, 0.5) is 0 Å². The maximum absolute atomic E-state index is 11.9. The van der Waals surface area contributed by atoms with Crippen molar-refractivity contribution in [3.8, 4) is 0 Å². The van der Waals surface area contributed by atoms with Crippen LogP contribution in [0.25, 0.3) is 0 Å². The first-order chi connectivity index (χ1) is 8.57. The van der Waals surface area contributed by atoms with Gasteiger partial charge in [-0.3, -0.25) is 0 Å². The van der Waals surface area contributed by atoms with Gasteiger partial charge in [0.15, 0.2) is 0 Å². The molecule has 1 heterocycles. The van der Waals surface area contributed by atoms with Gasteiger partial charge >= 0.3 is 0 Å². The van der Waals surface area contributed by atoms with Gasteiger partial charge in [-0.05, 0) is 45.6 Å². The van der Waals surface area contributed by atoms with E-state index in [9.17, 15) is 8.42 Å². The SMILES string of the molecule is CC(NS(=O)(=O)CCCNC1CC1)C1CCCO1. The van der Waals surface area contributed by atoms with E-state index in [1.807, 2.05) is 6.92 Å². The molecule has 0 spiro atoms. The highest BCUT2D eigenvalue weighted by Crippen LogP contribution is 2.18. The van der Waals surface area contributed by atoms with Crippen LogP contribution in [0.5, 0.6) is 0 Å². The number of hydrogen-bond donors (Lipinski definition) is 2. The lowest BCUT2D eigenvalue weighted by molar-refractivity contribution is 0.0902. The lowest BCUT2D eigenvalue weighted by Gasteiger charge is -2.19. The van der Waals surface area contributed by atoms with E-state index in [0.717, 1.165) is 26.0 Å². The van der Waals surface area contributed by atoms with Crippen molar-refractivity contribution in [2.24, 2.45) is 0 Å². The molecule has 6 heteroatoms. The molecule has 2 atom stereocenters. The van der Waals surface area contributed by atoms with Crippen LogP contribution in [0.2, 0.25) is 0 Å². The summed E-state index contributed by atoms with van der Waals surface area (Å²) >= 11 is 0. The molecule has 2 aliphatic rings. The molecule has 1 aliphatic carbocycles. The van der Waals surface area contributed by atoms with E-state index in [0.29, 0.717) is 12.5 Å². The molecule has 0 bridgehead atoms. The van der Waals surface area contributed by atoms with Crippen LogP contribution in [-0.4, -0.2) is 45.5 Å². The Kier molecular flexibility index (Phi) is 5.00. The number of ether oxygens (including phenoxy) is 1. The molecule has 5 nitrogen and oxygen atoms in total. The molecule has 106 valence electrons. The fraction of sp³-hybridized carbons (Fsp3) is 1.00. The smallest absolute Gasteiger partial charge is 0.211 e. The van der Waals surface area contributed by atoms with E-state index in [-0.39, 0.29) is 17.9 Å². The minimum atomic E-state index is -3.17. The molecule has 2 N–H and O–H groups in total. The normalized spacial score (nSPS) is 26.4. The molecule has 1 aliphatic heterocycles. The number of rotatable bonds is 8. The third-order valence-corrected chi connectivity index (χ3v) is 5.05. The topological polar surface area (TPSA) is 67.4 Å². The molecule has 2 unspecified atom stereocenters. The van der Waals surface area contributed by atoms with Crippen molar-refractivity contribution in [2.45, 2.75) is 57.2 Å². The highest BCUT2D eigenvalue weighted by molar-refractivity contribution is 7.89. The number of hydrogen-bond acceptors (Lipinski definition) is 4. The molecular weight excluding hydrogens is 252 g/mol. The van der Waals surface area contributed by atoms with Crippen molar-refractivity contribution in [3.63, 3.8) is 0 Å². The zero-order valence-electron chi connectivity index (χ0n) is 11.0. The Labute approximate surface area is 110 Å². The quantitative estimate of drug-likeness (QED) is 0.638. The molecule has 2 rings (SSSR count). The van der Waals surface area contributed by atoms with Crippen LogP contribution in [0, 0.1) is 0 Å². The molecule has 18 heavy (non-hydrogen) atoms. The maximum atomic E-state index is 11.9. The van der Waals surface area contributed by atoms with Crippen LogP contribution in [0.1, 0.15) is 39.0 Å². The van der Waals surface area contributed by atoms with Gasteiger partial charge in [-0.25, -0.2) is 13.1 Å². The van der Waals surface area contributed by atoms with Crippen LogP contribution in [0.3, 0.4) is 0 Å². The molecule has 1 saturated carbocycles. The van der Waals surface area contributed by atoms with Gasteiger partial charge in [0.2, 0.25) is 10.0 Å². The Morgan fingerprint density at radius 1 is 1.33 bits per heavy atom. The Morgan fingerprint density at radius 2 is 2.11 bits per heavy atom. The number of nitrogens with one attached hydrogen (secondary N) is 2. The van der Waals surface area contributed by atoms with Gasteiger partial charge in [0, 0.05) is 18.7 Å². The second kappa shape index (κ2) is 6.32. The monoisotopic (exact) mass is 276 g/mol. The second-order valence-electron chi connectivity index (χ2n) is 5.36. The van der Waals surface area contributed by atoms with Crippen molar-refractivity contribution in [2.75, 3.05) is 18.9 Å². The summed E-state index contributed by atoms with van der Waals surface area (Å²) in [6, 6.07) is 0.528. The van der Waals surface area contributed by atoms with Gasteiger partial charge in [-0.1, -0.05) is 0 Å². The van der Waals surface area contributed by atoms with Crippen molar-refractivity contribution in [1.29, 1.82) is 0 Å². The van der Waals surface area contributed by atoms with Crippen LogP contribution >= 0.6 is 0 Å². The third-order valence-electron chi connectivity index (χ3n) is 3.49. The van der Waals surface area contributed by atoms with Crippen LogP contribution in [-0.2, 0) is 14.8 Å². The molecule has 0 aromatic carbocycles. The van der Waals surface area contributed by atoms with Gasteiger partial charge in [0.05, 0.1) is 11.9 Å². The summed E-state index contributed by atoms with van der Waals surface area (Å²) in [6.45, 7) is 3.43. The van der Waals surface area contributed by atoms with Gasteiger partial charge in [-0.2, -0.15) is 0 Å². The molecular formula is C12H24N2O3S. The zero-order chi connectivity index (χ0) is 13.0. The zero-order valence-corrected chi connectivity index (χ0v) is 11.8. The first-order valence-electron chi connectivity index (χ1n) is 6.92. The van der Waals surface area contributed by atoms with Gasteiger partial charge in [0.1, 0.15) is 0 Å². The van der Waals surface area contributed by atoms with Gasteiger partial charge in [-0.15, -0.1) is 0 Å². The molecule has 0 aromatic heterocycles. The fourth-order valence-electron chi connectivity index (χ4n) is 2.27. The summed E-state index contributed by atoms with van der Waals surface area (Å²) in [4.78, 5) is 0. The minimum Gasteiger partial charge on any atom is -0.377 e. The molecule has 0 amide bonds. The first-order valence-corrected chi connectivity index (χ1v) is 8.57. The lowest BCUT2D eigenvalue weighted by Crippen LogP contribution is -2.42. The van der Waals surface area contributed by atoms with Gasteiger partial charge < -0.3 is 10.1 Å². The van der Waals surface area contributed by atoms with Crippen molar-refractivity contribution < 1.29 is 13.2 Å². The second-order valence-corrected chi connectivity index (χ2v) is 7.23. The van der Waals surface area contributed by atoms with Crippen LogP contribution < -0.4 is 10.0 Å². The maximum Gasteiger partial charge on any atom is 0.211 e. The average Bonchev–Trinajstić information content (AvgIpc) is 2.95. The lowest BCUT2D eigenvalue weighted by atomic mass is 10.1. The standard InChI is InChI=1S/C12H24N2O3S/c1-10(12-4-2-8-17-12)14-18(15,16)9-3-7-13-11-5-6-11/h10-14H,2-9H2,1H3. The fourth-order valence-corrected chi connectivity index (χ4v) is 3.63. The molecule has 0 radical (unpaired) electrons. The Balaban J connectivity index is 1.64. The van der Waals surface area contributed by atoms with E-state index < -0.39 is 10.0 Å². The summed E-state index contributed by atoms with van der Waals surface area (Å²) in [7, 11) is -3.17. The number of sulfonamides is 1. The molecule has 2 fully saturated rings. The first kappa shape index (κ1) is 14.2. The highest BCUT2D eigenvalue weighted by Gasteiger charge is 2.26. The Bertz CT molecular complexity index is 348. The summed E-state index contributed by atoms with van der Waals surface area (Å²) in [5.74, 6) is 0.198. The van der Waals surface area contributed by atoms with E-state index >= 15 is 0 Å². The summed E-state index contributed by atoms with van der Waals surface area (Å²) in [5.41, 5.74) is 0. The highest BCUT2D eigenvalue weighted by atomic mass is 32.2. The van der Waals surface area contributed by atoms with Crippen molar-refractivity contribution in [1.82, 2.24) is 10.0 Å². The third kappa shape index (κ3) is 4.84. The summed E-state index contributed by atoms with van der Waals surface area (Å²) in [6.07, 6.45) is 5.17. The predicted molar refractivity (Wildman–Crippen MR) is 71.0 cm³/mol. The Hall–Kier alpha value is -0.170.